The third kappa shape index (κ3) is 2.97. The number of hydrogen-bond acceptors (Lipinski definition) is 7. The first kappa shape index (κ1) is 14.1. The molecular formula is C10H8BrFN6O2. The molecule has 0 fully saturated rings. The molecule has 0 unspecified atom stereocenters. The highest BCUT2D eigenvalue weighted by molar-refractivity contribution is 9.10. The normalized spacial score (nSPS) is 10.2. The average Bonchev–Trinajstić information content (AvgIpc) is 2.42. The van der Waals surface area contributed by atoms with Gasteiger partial charge in [-0.25, -0.2) is 15.2 Å². The van der Waals surface area contributed by atoms with Gasteiger partial charge in [0.2, 0.25) is 11.8 Å². The van der Waals surface area contributed by atoms with E-state index in [0.717, 1.165) is 6.20 Å². The molecule has 2 rings (SSSR count). The molecule has 0 aliphatic heterocycles. The van der Waals surface area contributed by atoms with Crippen molar-refractivity contribution in [2.24, 2.45) is 5.84 Å². The van der Waals surface area contributed by atoms with Crippen molar-refractivity contribution < 1.29 is 9.31 Å². The number of anilines is 3. The zero-order valence-corrected chi connectivity index (χ0v) is 11.4. The van der Waals surface area contributed by atoms with Gasteiger partial charge in [-0.3, -0.25) is 15.5 Å². The lowest BCUT2D eigenvalue weighted by Gasteiger charge is -2.07. The van der Waals surface area contributed by atoms with E-state index in [1.165, 1.54) is 18.2 Å². The predicted octanol–water partition coefficient (Wildman–Crippen LogP) is 2.32. The van der Waals surface area contributed by atoms with Crippen LogP contribution in [0.1, 0.15) is 0 Å². The third-order valence-electron chi connectivity index (χ3n) is 2.28. The van der Waals surface area contributed by atoms with Gasteiger partial charge in [0.05, 0.1) is 9.40 Å². The summed E-state index contributed by atoms with van der Waals surface area (Å²) in [6.45, 7) is 0. The summed E-state index contributed by atoms with van der Waals surface area (Å²) in [5.74, 6) is 4.53. The minimum Gasteiger partial charge on any atom is -0.334 e. The van der Waals surface area contributed by atoms with Gasteiger partial charge in [0, 0.05) is 5.69 Å². The summed E-state index contributed by atoms with van der Waals surface area (Å²) in [4.78, 5) is 17.7. The summed E-state index contributed by atoms with van der Waals surface area (Å²) in [5.41, 5.74) is 2.12. The molecule has 0 bridgehead atoms. The van der Waals surface area contributed by atoms with Crippen molar-refractivity contribution in [1.82, 2.24) is 9.97 Å². The van der Waals surface area contributed by atoms with Gasteiger partial charge in [-0.1, -0.05) is 0 Å². The van der Waals surface area contributed by atoms with E-state index in [-0.39, 0.29) is 21.9 Å². The number of halogens is 2. The Morgan fingerprint density at radius 2 is 2.20 bits per heavy atom. The van der Waals surface area contributed by atoms with Gasteiger partial charge >= 0.3 is 5.69 Å². The van der Waals surface area contributed by atoms with Crippen LogP contribution in [0.5, 0.6) is 0 Å². The van der Waals surface area contributed by atoms with Crippen LogP contribution in [0.25, 0.3) is 0 Å². The van der Waals surface area contributed by atoms with Crippen LogP contribution >= 0.6 is 15.9 Å². The number of aromatic nitrogens is 2. The fourth-order valence-electron chi connectivity index (χ4n) is 1.38. The summed E-state index contributed by atoms with van der Waals surface area (Å²) in [6, 6.07) is 4.17. The Bertz CT molecular complexity index is 668. The van der Waals surface area contributed by atoms with Gasteiger partial charge in [-0.15, -0.1) is 0 Å². The average molecular weight is 343 g/mol. The Morgan fingerprint density at radius 3 is 2.80 bits per heavy atom. The minimum atomic E-state index is -0.655. The van der Waals surface area contributed by atoms with E-state index in [0.29, 0.717) is 5.69 Å². The molecule has 20 heavy (non-hydrogen) atoms. The van der Waals surface area contributed by atoms with Crippen LogP contribution in [0, 0.1) is 15.9 Å². The van der Waals surface area contributed by atoms with Crippen molar-refractivity contribution in [3.8, 4) is 0 Å². The molecule has 2 aromatic rings. The fourth-order valence-corrected chi connectivity index (χ4v) is 1.63. The maximum Gasteiger partial charge on any atom is 0.329 e. The molecule has 1 aromatic carbocycles. The minimum absolute atomic E-state index is 0.00400. The monoisotopic (exact) mass is 342 g/mol. The first-order chi connectivity index (χ1) is 9.51. The van der Waals surface area contributed by atoms with Gasteiger partial charge in [0.1, 0.15) is 12.0 Å². The second kappa shape index (κ2) is 5.75. The Morgan fingerprint density at radius 1 is 1.45 bits per heavy atom. The lowest BCUT2D eigenvalue weighted by atomic mass is 10.3. The molecular weight excluding hydrogens is 335 g/mol. The standard InChI is InChI=1S/C10H8BrFN6O2/c11-6-2-1-5(3-7(6)12)15-9-8(18(19)20)4-14-10(16-9)17-13/h1-4H,13H2,(H2,14,15,16,17). The van der Waals surface area contributed by atoms with Crippen molar-refractivity contribution >= 4 is 39.1 Å². The third-order valence-corrected chi connectivity index (χ3v) is 2.92. The zero-order valence-electron chi connectivity index (χ0n) is 9.80. The molecule has 0 atom stereocenters. The molecule has 0 spiro atoms. The number of rotatable bonds is 4. The van der Waals surface area contributed by atoms with Crippen molar-refractivity contribution in [3.05, 3.63) is 44.8 Å². The van der Waals surface area contributed by atoms with Crippen molar-refractivity contribution in [1.29, 1.82) is 0 Å². The zero-order chi connectivity index (χ0) is 14.7. The van der Waals surface area contributed by atoms with Crippen LogP contribution in [0.2, 0.25) is 0 Å². The van der Waals surface area contributed by atoms with Crippen molar-refractivity contribution in [2.75, 3.05) is 10.7 Å². The molecule has 0 saturated carbocycles. The number of hydrogen-bond donors (Lipinski definition) is 3. The van der Waals surface area contributed by atoms with Gasteiger partial charge in [-0.2, -0.15) is 4.98 Å². The summed E-state index contributed by atoms with van der Waals surface area (Å²) in [6.07, 6.45) is 1.000. The quantitative estimate of drug-likeness (QED) is 0.443. The maximum absolute atomic E-state index is 13.4. The van der Waals surface area contributed by atoms with Crippen LogP contribution in [0.4, 0.5) is 27.5 Å². The highest BCUT2D eigenvalue weighted by Crippen LogP contribution is 2.27. The number of nitrogens with one attached hydrogen (secondary N) is 2. The molecule has 0 saturated heterocycles. The Hall–Kier alpha value is -2.33. The summed E-state index contributed by atoms with van der Waals surface area (Å²) in [5, 5.41) is 13.5. The van der Waals surface area contributed by atoms with E-state index in [9.17, 15) is 14.5 Å². The van der Waals surface area contributed by atoms with Gasteiger partial charge in [-0.05, 0) is 34.1 Å². The molecule has 4 N–H and O–H groups in total. The first-order valence-corrected chi connectivity index (χ1v) is 6.00. The van der Waals surface area contributed by atoms with Crippen molar-refractivity contribution in [2.45, 2.75) is 0 Å². The molecule has 0 amide bonds. The molecule has 0 aliphatic carbocycles. The molecule has 8 nitrogen and oxygen atoms in total. The highest BCUT2D eigenvalue weighted by Gasteiger charge is 2.17. The lowest BCUT2D eigenvalue weighted by Crippen LogP contribution is -2.12. The van der Waals surface area contributed by atoms with E-state index in [1.807, 2.05) is 0 Å². The number of benzene rings is 1. The Labute approximate surface area is 120 Å². The predicted molar refractivity (Wildman–Crippen MR) is 73.9 cm³/mol. The lowest BCUT2D eigenvalue weighted by molar-refractivity contribution is -0.384. The van der Waals surface area contributed by atoms with E-state index in [4.69, 9.17) is 5.84 Å². The molecule has 0 aliphatic rings. The van der Waals surface area contributed by atoms with Crippen LogP contribution in [-0.4, -0.2) is 14.9 Å². The van der Waals surface area contributed by atoms with Crippen molar-refractivity contribution in [3.63, 3.8) is 0 Å². The van der Waals surface area contributed by atoms with Gasteiger partial charge in [0.25, 0.3) is 0 Å². The maximum atomic E-state index is 13.4. The van der Waals surface area contributed by atoms with Gasteiger partial charge < -0.3 is 5.32 Å². The van der Waals surface area contributed by atoms with E-state index >= 15 is 0 Å². The second-order valence-corrected chi connectivity index (χ2v) is 4.44. The van der Waals surface area contributed by atoms with E-state index in [1.54, 1.807) is 0 Å². The second-order valence-electron chi connectivity index (χ2n) is 3.58. The molecule has 1 heterocycles. The van der Waals surface area contributed by atoms with Crippen LogP contribution in [0.15, 0.2) is 28.9 Å². The highest BCUT2D eigenvalue weighted by atomic mass is 79.9. The Kier molecular flexibility index (Phi) is 4.05. The number of hydrazine groups is 1. The molecule has 1 aromatic heterocycles. The fraction of sp³-hybridized carbons (Fsp3) is 0. The van der Waals surface area contributed by atoms with Crippen LogP contribution in [0.3, 0.4) is 0 Å². The number of nitrogens with two attached hydrogens (primary N) is 1. The van der Waals surface area contributed by atoms with Gasteiger partial charge in [0.15, 0.2) is 0 Å². The summed E-state index contributed by atoms with van der Waals surface area (Å²) >= 11 is 3.01. The molecule has 104 valence electrons. The summed E-state index contributed by atoms with van der Waals surface area (Å²) in [7, 11) is 0. The SMILES string of the molecule is NNc1ncc([N+](=O)[O-])c(Nc2ccc(Br)c(F)c2)n1. The van der Waals surface area contributed by atoms with Crippen LogP contribution in [-0.2, 0) is 0 Å². The molecule has 0 radical (unpaired) electrons. The topological polar surface area (TPSA) is 119 Å². The largest absolute Gasteiger partial charge is 0.334 e. The van der Waals surface area contributed by atoms with E-state index < -0.39 is 10.7 Å². The number of nitro groups is 1. The Balaban J connectivity index is 2.40. The smallest absolute Gasteiger partial charge is 0.329 e. The number of nitrogen functional groups attached to an aromatic ring is 1. The number of nitrogens with zero attached hydrogens (tertiary/aromatic N) is 3. The van der Waals surface area contributed by atoms with E-state index in [2.05, 4.69) is 36.6 Å². The molecule has 10 heteroatoms. The van der Waals surface area contributed by atoms with Crippen LogP contribution < -0.4 is 16.6 Å². The first-order valence-electron chi connectivity index (χ1n) is 5.21. The summed E-state index contributed by atoms with van der Waals surface area (Å²) < 4.78 is 13.7.